The number of carbonyl (C=O) groups excluding carboxylic acids is 1. The van der Waals surface area contributed by atoms with Crippen LogP contribution >= 0.6 is 0 Å². The summed E-state index contributed by atoms with van der Waals surface area (Å²) in [5.74, 6) is -0.532. The Labute approximate surface area is 123 Å². The molecular formula is C18H15N2O. The van der Waals surface area contributed by atoms with E-state index in [4.69, 9.17) is 5.73 Å². The molecule has 0 bridgehead atoms. The Morgan fingerprint density at radius 3 is 2.52 bits per heavy atom. The van der Waals surface area contributed by atoms with Crippen LogP contribution in [0.25, 0.3) is 21.9 Å². The van der Waals surface area contributed by atoms with E-state index in [0.717, 1.165) is 16.3 Å². The molecular weight excluding hydrogens is 260 g/mol. The summed E-state index contributed by atoms with van der Waals surface area (Å²) in [5, 5.41) is 1.68. The topological polar surface area (TPSA) is 56.0 Å². The third-order valence-electron chi connectivity index (χ3n) is 3.71. The molecule has 3 nitrogen and oxygen atoms in total. The maximum Gasteiger partial charge on any atom is 0.267 e. The van der Waals surface area contributed by atoms with Gasteiger partial charge in [0.1, 0.15) is 5.69 Å². The highest BCUT2D eigenvalue weighted by atomic mass is 16.1. The van der Waals surface area contributed by atoms with E-state index in [1.54, 1.807) is 6.07 Å². The number of pyridine rings is 1. The summed E-state index contributed by atoms with van der Waals surface area (Å²) in [7, 11) is 0. The van der Waals surface area contributed by atoms with Gasteiger partial charge in [-0.15, -0.1) is 0 Å². The van der Waals surface area contributed by atoms with Crippen LogP contribution in [0, 0.1) is 20.0 Å². The summed E-state index contributed by atoms with van der Waals surface area (Å²) in [6, 6.07) is 14.0. The molecule has 21 heavy (non-hydrogen) atoms. The Morgan fingerprint density at radius 2 is 1.86 bits per heavy atom. The fraction of sp³-hybridized carbons (Fsp3) is 0.111. The van der Waals surface area contributed by atoms with Crippen LogP contribution in [-0.2, 0) is 0 Å². The van der Waals surface area contributed by atoms with Gasteiger partial charge in [-0.3, -0.25) is 4.79 Å². The van der Waals surface area contributed by atoms with Gasteiger partial charge in [-0.05, 0) is 53.6 Å². The van der Waals surface area contributed by atoms with Gasteiger partial charge < -0.3 is 5.73 Å². The van der Waals surface area contributed by atoms with E-state index in [0.29, 0.717) is 0 Å². The zero-order chi connectivity index (χ0) is 15.0. The molecule has 0 unspecified atom stereocenters. The molecule has 103 valence electrons. The van der Waals surface area contributed by atoms with E-state index < -0.39 is 5.91 Å². The Bertz CT molecular complexity index is 833. The molecule has 0 aliphatic carbocycles. The van der Waals surface area contributed by atoms with Crippen LogP contribution in [0.5, 0.6) is 0 Å². The van der Waals surface area contributed by atoms with Crippen molar-refractivity contribution in [3.63, 3.8) is 0 Å². The molecule has 0 saturated heterocycles. The molecule has 0 saturated carbocycles. The average molecular weight is 275 g/mol. The number of nitrogens with two attached hydrogens (primary N) is 1. The third-order valence-corrected chi connectivity index (χ3v) is 3.71. The van der Waals surface area contributed by atoms with Crippen molar-refractivity contribution in [3.8, 4) is 11.1 Å². The van der Waals surface area contributed by atoms with E-state index in [9.17, 15) is 4.79 Å². The zero-order valence-electron chi connectivity index (χ0n) is 12.0. The Balaban J connectivity index is 2.31. The SMILES string of the molecule is Cc1cccc(C)c1-c1ccc2c[c]nc(C(N)=O)c2c1. The number of hydrogen-bond acceptors (Lipinski definition) is 2. The van der Waals surface area contributed by atoms with Crippen molar-refractivity contribution < 1.29 is 4.79 Å². The quantitative estimate of drug-likeness (QED) is 0.779. The standard InChI is InChI=1S/C18H15N2O/c1-11-4-3-5-12(2)16(11)14-7-6-13-8-9-20-17(18(19)21)15(13)10-14/h3-8,10H,1-2H3,(H2,19,21). The highest BCUT2D eigenvalue weighted by Gasteiger charge is 2.11. The number of aryl methyl sites for hydroxylation is 2. The minimum absolute atomic E-state index is 0.264. The summed E-state index contributed by atoms with van der Waals surface area (Å²) in [5.41, 5.74) is 10.3. The minimum Gasteiger partial charge on any atom is -0.364 e. The van der Waals surface area contributed by atoms with Crippen molar-refractivity contribution >= 4 is 16.7 Å². The second-order valence-electron chi connectivity index (χ2n) is 5.17. The molecule has 3 rings (SSSR count). The van der Waals surface area contributed by atoms with Crippen LogP contribution in [0.15, 0.2) is 42.5 Å². The number of carbonyl (C=O) groups is 1. The average Bonchev–Trinajstić information content (AvgIpc) is 2.46. The molecule has 0 spiro atoms. The van der Waals surface area contributed by atoms with Gasteiger partial charge in [0.2, 0.25) is 0 Å². The third kappa shape index (κ3) is 2.27. The van der Waals surface area contributed by atoms with Gasteiger partial charge in [-0.2, -0.15) is 0 Å². The number of primary amides is 1. The van der Waals surface area contributed by atoms with Gasteiger partial charge in [0.05, 0.1) is 6.20 Å². The van der Waals surface area contributed by atoms with Crippen molar-refractivity contribution in [1.82, 2.24) is 4.98 Å². The van der Waals surface area contributed by atoms with Crippen molar-refractivity contribution in [2.75, 3.05) is 0 Å². The van der Waals surface area contributed by atoms with E-state index >= 15 is 0 Å². The van der Waals surface area contributed by atoms with Crippen molar-refractivity contribution in [2.24, 2.45) is 5.73 Å². The van der Waals surface area contributed by atoms with Crippen LogP contribution in [0.4, 0.5) is 0 Å². The van der Waals surface area contributed by atoms with E-state index in [2.05, 4.69) is 43.2 Å². The second-order valence-corrected chi connectivity index (χ2v) is 5.17. The maximum absolute atomic E-state index is 11.5. The highest BCUT2D eigenvalue weighted by Crippen LogP contribution is 2.30. The first-order valence-electron chi connectivity index (χ1n) is 6.75. The molecule has 1 aromatic heterocycles. The first kappa shape index (κ1) is 13.3. The van der Waals surface area contributed by atoms with Gasteiger partial charge >= 0.3 is 0 Å². The summed E-state index contributed by atoms with van der Waals surface area (Å²) in [4.78, 5) is 15.5. The molecule has 1 amide bonds. The fourth-order valence-electron chi connectivity index (χ4n) is 2.73. The molecule has 1 heterocycles. The Morgan fingerprint density at radius 1 is 1.14 bits per heavy atom. The van der Waals surface area contributed by atoms with Crippen LogP contribution in [-0.4, -0.2) is 10.9 Å². The maximum atomic E-state index is 11.5. The summed E-state index contributed by atoms with van der Waals surface area (Å²) in [6.45, 7) is 4.16. The number of hydrogen-bond donors (Lipinski definition) is 1. The highest BCUT2D eigenvalue weighted by molar-refractivity contribution is 6.05. The zero-order valence-corrected chi connectivity index (χ0v) is 12.0. The smallest absolute Gasteiger partial charge is 0.267 e. The van der Waals surface area contributed by atoms with Crippen LogP contribution in [0.1, 0.15) is 21.6 Å². The van der Waals surface area contributed by atoms with Gasteiger partial charge in [0.25, 0.3) is 5.91 Å². The van der Waals surface area contributed by atoms with E-state index in [1.165, 1.54) is 16.7 Å². The number of rotatable bonds is 2. The number of nitrogens with zero attached hydrogens (tertiary/aromatic N) is 1. The molecule has 0 aliphatic heterocycles. The second kappa shape index (κ2) is 5.02. The molecule has 0 atom stereocenters. The predicted octanol–water partition coefficient (Wildman–Crippen LogP) is 3.42. The lowest BCUT2D eigenvalue weighted by atomic mass is 9.94. The lowest BCUT2D eigenvalue weighted by Crippen LogP contribution is -2.13. The van der Waals surface area contributed by atoms with Crippen LogP contribution in [0.3, 0.4) is 0 Å². The number of amides is 1. The minimum atomic E-state index is -0.532. The van der Waals surface area contributed by atoms with E-state index in [-0.39, 0.29) is 5.69 Å². The molecule has 0 aliphatic rings. The predicted molar refractivity (Wildman–Crippen MR) is 84.0 cm³/mol. The molecule has 3 heteroatoms. The number of aromatic nitrogens is 1. The normalized spacial score (nSPS) is 10.8. The summed E-state index contributed by atoms with van der Waals surface area (Å²) in [6.07, 6.45) is 2.72. The molecule has 3 aromatic rings. The van der Waals surface area contributed by atoms with Gasteiger partial charge in [-0.25, -0.2) is 4.98 Å². The molecule has 1 radical (unpaired) electrons. The Hall–Kier alpha value is -2.68. The van der Waals surface area contributed by atoms with Crippen molar-refractivity contribution in [3.05, 3.63) is 65.5 Å². The van der Waals surface area contributed by atoms with Crippen LogP contribution in [0.2, 0.25) is 0 Å². The monoisotopic (exact) mass is 275 g/mol. The fourth-order valence-corrected chi connectivity index (χ4v) is 2.73. The molecule has 0 fully saturated rings. The summed E-state index contributed by atoms with van der Waals surface area (Å²) < 4.78 is 0. The largest absolute Gasteiger partial charge is 0.364 e. The molecule has 2 N–H and O–H groups in total. The van der Waals surface area contributed by atoms with Crippen molar-refractivity contribution in [1.29, 1.82) is 0 Å². The number of fused-ring (bicyclic) bond motifs is 1. The van der Waals surface area contributed by atoms with Crippen molar-refractivity contribution in [2.45, 2.75) is 13.8 Å². The summed E-state index contributed by atoms with van der Waals surface area (Å²) >= 11 is 0. The molecule has 2 aromatic carbocycles. The van der Waals surface area contributed by atoms with Gasteiger partial charge in [0, 0.05) is 5.39 Å². The van der Waals surface area contributed by atoms with Gasteiger partial charge in [0.15, 0.2) is 0 Å². The first-order chi connectivity index (χ1) is 10.1. The Kier molecular flexibility index (Phi) is 3.18. The lowest BCUT2D eigenvalue weighted by Gasteiger charge is -2.11. The van der Waals surface area contributed by atoms with Gasteiger partial charge in [-0.1, -0.05) is 30.3 Å². The number of benzene rings is 2. The van der Waals surface area contributed by atoms with E-state index in [1.807, 2.05) is 18.2 Å². The lowest BCUT2D eigenvalue weighted by molar-refractivity contribution is 0.0997. The first-order valence-corrected chi connectivity index (χ1v) is 6.75. The van der Waals surface area contributed by atoms with Crippen LogP contribution < -0.4 is 5.73 Å².